The lowest BCUT2D eigenvalue weighted by Gasteiger charge is -2.25. The van der Waals surface area contributed by atoms with Gasteiger partial charge in [0, 0.05) is 6.54 Å². The molecule has 0 radical (unpaired) electrons. The summed E-state index contributed by atoms with van der Waals surface area (Å²) in [6.07, 6.45) is 3.29. The minimum Gasteiger partial charge on any atom is -0.369 e. The molecule has 0 aromatic carbocycles. The molecule has 128 valence electrons. The van der Waals surface area contributed by atoms with Crippen LogP contribution in [0.15, 0.2) is 0 Å². The molecule has 1 fully saturated rings. The van der Waals surface area contributed by atoms with Crippen molar-refractivity contribution in [1.82, 2.24) is 10.6 Å². The van der Waals surface area contributed by atoms with Crippen molar-refractivity contribution >= 4 is 30.1 Å². The molecular formula is C14H27ClN4O3. The summed E-state index contributed by atoms with van der Waals surface area (Å²) in [6.45, 7) is 3.75. The van der Waals surface area contributed by atoms with Crippen LogP contribution in [0.5, 0.6) is 0 Å². The third-order valence-corrected chi connectivity index (χ3v) is 4.15. The Morgan fingerprint density at radius 1 is 1.14 bits per heavy atom. The van der Waals surface area contributed by atoms with E-state index < -0.39 is 11.5 Å². The van der Waals surface area contributed by atoms with Crippen molar-refractivity contribution in [2.45, 2.75) is 45.6 Å². The Balaban J connectivity index is 0.00000441. The number of nitrogens with two attached hydrogens (primary N) is 2. The number of primary amides is 1. The maximum absolute atomic E-state index is 11.7. The van der Waals surface area contributed by atoms with Gasteiger partial charge in [-0.05, 0) is 18.8 Å². The number of rotatable bonds is 7. The summed E-state index contributed by atoms with van der Waals surface area (Å²) >= 11 is 0. The van der Waals surface area contributed by atoms with Crippen molar-refractivity contribution in [1.29, 1.82) is 0 Å². The van der Waals surface area contributed by atoms with Gasteiger partial charge in [0.05, 0.1) is 18.0 Å². The van der Waals surface area contributed by atoms with Crippen LogP contribution in [0, 0.1) is 11.3 Å². The Labute approximate surface area is 137 Å². The molecule has 0 heterocycles. The molecule has 0 aromatic heterocycles. The van der Waals surface area contributed by atoms with Gasteiger partial charge in [-0.3, -0.25) is 14.4 Å². The van der Waals surface area contributed by atoms with Gasteiger partial charge in [-0.25, -0.2) is 0 Å². The Hall–Kier alpha value is -1.34. The molecule has 7 nitrogen and oxygen atoms in total. The Morgan fingerprint density at radius 2 is 1.68 bits per heavy atom. The minimum atomic E-state index is -0.635. The maximum atomic E-state index is 11.7. The summed E-state index contributed by atoms with van der Waals surface area (Å²) in [4.78, 5) is 34.9. The number of hydrogen-bond donors (Lipinski definition) is 4. The van der Waals surface area contributed by atoms with Crippen LogP contribution in [-0.4, -0.2) is 36.9 Å². The number of carbonyl (C=O) groups excluding carboxylic acids is 3. The SMILES string of the molecule is CC(C)[C@H](N)C(=O)NCC(=O)NCC1(C(N)=O)CCCC1.Cl. The first-order valence-electron chi connectivity index (χ1n) is 7.38. The van der Waals surface area contributed by atoms with Crippen LogP contribution in [0.2, 0.25) is 0 Å². The summed E-state index contributed by atoms with van der Waals surface area (Å²) in [5, 5.41) is 5.16. The van der Waals surface area contributed by atoms with Gasteiger partial charge < -0.3 is 22.1 Å². The smallest absolute Gasteiger partial charge is 0.239 e. The largest absolute Gasteiger partial charge is 0.369 e. The number of halogens is 1. The Kier molecular flexibility index (Phi) is 8.40. The van der Waals surface area contributed by atoms with Crippen LogP contribution < -0.4 is 22.1 Å². The van der Waals surface area contributed by atoms with E-state index in [1.54, 1.807) is 0 Å². The van der Waals surface area contributed by atoms with Gasteiger partial charge in [-0.2, -0.15) is 0 Å². The molecule has 0 spiro atoms. The topological polar surface area (TPSA) is 127 Å². The van der Waals surface area contributed by atoms with Crippen molar-refractivity contribution in [2.75, 3.05) is 13.1 Å². The second-order valence-electron chi connectivity index (χ2n) is 6.12. The molecule has 1 rings (SSSR count). The van der Waals surface area contributed by atoms with Crippen molar-refractivity contribution in [2.24, 2.45) is 22.8 Å². The van der Waals surface area contributed by atoms with Gasteiger partial charge in [0.1, 0.15) is 0 Å². The van der Waals surface area contributed by atoms with E-state index in [2.05, 4.69) is 10.6 Å². The third kappa shape index (κ3) is 5.46. The fourth-order valence-electron chi connectivity index (χ4n) is 2.48. The van der Waals surface area contributed by atoms with Crippen LogP contribution in [-0.2, 0) is 14.4 Å². The molecule has 0 aromatic rings. The summed E-state index contributed by atoms with van der Waals surface area (Å²) in [5.74, 6) is -1.06. The third-order valence-electron chi connectivity index (χ3n) is 4.15. The Morgan fingerprint density at radius 3 is 2.14 bits per heavy atom. The second-order valence-corrected chi connectivity index (χ2v) is 6.12. The summed E-state index contributed by atoms with van der Waals surface area (Å²) in [5.41, 5.74) is 10.5. The second kappa shape index (κ2) is 8.95. The first kappa shape index (κ1) is 20.7. The van der Waals surface area contributed by atoms with Crippen LogP contribution in [0.25, 0.3) is 0 Å². The predicted octanol–water partition coefficient (Wildman–Crippen LogP) is -0.330. The standard InChI is InChI=1S/C14H26N4O3.ClH/c1-9(2)11(15)12(20)17-7-10(19)18-8-14(13(16)21)5-3-4-6-14;/h9,11H,3-8,15H2,1-2H3,(H2,16,21)(H,17,20)(H,18,19);1H/t11-;/m0./s1. The number of amides is 3. The molecule has 22 heavy (non-hydrogen) atoms. The van der Waals surface area contributed by atoms with E-state index in [9.17, 15) is 14.4 Å². The van der Waals surface area contributed by atoms with Gasteiger partial charge in [-0.1, -0.05) is 26.7 Å². The number of carbonyl (C=O) groups is 3. The number of hydrogen-bond acceptors (Lipinski definition) is 4. The molecule has 1 atom stereocenters. The molecule has 1 saturated carbocycles. The van der Waals surface area contributed by atoms with E-state index >= 15 is 0 Å². The van der Waals surface area contributed by atoms with E-state index in [1.807, 2.05) is 13.8 Å². The minimum absolute atomic E-state index is 0. The molecular weight excluding hydrogens is 308 g/mol. The van der Waals surface area contributed by atoms with Crippen LogP contribution in [0.1, 0.15) is 39.5 Å². The average molecular weight is 335 g/mol. The van der Waals surface area contributed by atoms with E-state index in [1.165, 1.54) is 0 Å². The zero-order valence-corrected chi connectivity index (χ0v) is 14.0. The molecule has 0 unspecified atom stereocenters. The van der Waals surface area contributed by atoms with Gasteiger partial charge in [0.15, 0.2) is 0 Å². The van der Waals surface area contributed by atoms with E-state index in [-0.39, 0.29) is 49.1 Å². The fourth-order valence-corrected chi connectivity index (χ4v) is 2.48. The lowest BCUT2D eigenvalue weighted by molar-refractivity contribution is -0.130. The van der Waals surface area contributed by atoms with Crippen molar-refractivity contribution in [3.63, 3.8) is 0 Å². The number of nitrogens with one attached hydrogen (secondary N) is 2. The van der Waals surface area contributed by atoms with E-state index in [4.69, 9.17) is 11.5 Å². The van der Waals surface area contributed by atoms with Crippen LogP contribution >= 0.6 is 12.4 Å². The zero-order valence-electron chi connectivity index (χ0n) is 13.2. The normalized spacial score (nSPS) is 17.5. The van der Waals surface area contributed by atoms with Gasteiger partial charge in [0.2, 0.25) is 17.7 Å². The van der Waals surface area contributed by atoms with Crippen molar-refractivity contribution in [3.8, 4) is 0 Å². The van der Waals surface area contributed by atoms with Gasteiger partial charge in [-0.15, -0.1) is 12.4 Å². The van der Waals surface area contributed by atoms with Crippen LogP contribution in [0.3, 0.4) is 0 Å². The molecule has 8 heteroatoms. The highest BCUT2D eigenvalue weighted by atomic mass is 35.5. The van der Waals surface area contributed by atoms with Crippen molar-refractivity contribution in [3.05, 3.63) is 0 Å². The predicted molar refractivity (Wildman–Crippen MR) is 86.2 cm³/mol. The summed E-state index contributed by atoms with van der Waals surface area (Å²) in [7, 11) is 0. The first-order valence-corrected chi connectivity index (χ1v) is 7.38. The molecule has 0 aliphatic heterocycles. The lowest BCUT2D eigenvalue weighted by Crippen LogP contribution is -2.49. The molecule has 6 N–H and O–H groups in total. The van der Waals surface area contributed by atoms with Gasteiger partial charge in [0.25, 0.3) is 0 Å². The first-order chi connectivity index (χ1) is 9.78. The van der Waals surface area contributed by atoms with Gasteiger partial charge >= 0.3 is 0 Å². The average Bonchev–Trinajstić information content (AvgIpc) is 2.91. The zero-order chi connectivity index (χ0) is 16.0. The molecule has 3 amide bonds. The molecule has 0 saturated heterocycles. The molecule has 1 aliphatic carbocycles. The van der Waals surface area contributed by atoms with Crippen LogP contribution in [0.4, 0.5) is 0 Å². The highest BCUT2D eigenvalue weighted by Gasteiger charge is 2.39. The van der Waals surface area contributed by atoms with Crippen molar-refractivity contribution < 1.29 is 14.4 Å². The lowest BCUT2D eigenvalue weighted by atomic mass is 9.85. The highest BCUT2D eigenvalue weighted by molar-refractivity contribution is 5.88. The summed E-state index contributed by atoms with van der Waals surface area (Å²) in [6, 6.07) is -0.635. The molecule has 0 bridgehead atoms. The Bertz CT molecular complexity index is 409. The van der Waals surface area contributed by atoms with E-state index in [0.29, 0.717) is 12.8 Å². The monoisotopic (exact) mass is 334 g/mol. The fraction of sp³-hybridized carbons (Fsp3) is 0.786. The maximum Gasteiger partial charge on any atom is 0.239 e. The van der Waals surface area contributed by atoms with E-state index in [0.717, 1.165) is 12.8 Å². The quantitative estimate of drug-likeness (QED) is 0.508. The summed E-state index contributed by atoms with van der Waals surface area (Å²) < 4.78 is 0. The highest BCUT2D eigenvalue weighted by Crippen LogP contribution is 2.37. The molecule has 1 aliphatic rings.